The highest BCUT2D eigenvalue weighted by Crippen LogP contribution is 2.20. The van der Waals surface area contributed by atoms with Crippen LogP contribution in [0.4, 0.5) is 5.69 Å². The molecule has 2 heterocycles. The lowest BCUT2D eigenvalue weighted by atomic mass is 10.1. The molecule has 1 amide bonds. The molecule has 0 atom stereocenters. The third-order valence-electron chi connectivity index (χ3n) is 4.69. The molecule has 4 heteroatoms. The molecule has 1 saturated heterocycles. The van der Waals surface area contributed by atoms with Crippen molar-refractivity contribution < 1.29 is 4.79 Å². The molecule has 122 valence electrons. The number of aromatic nitrogens is 1. The molecular weight excluding hydrogens is 298 g/mol. The maximum atomic E-state index is 12.8. The molecule has 2 aromatic carbocycles. The first kappa shape index (κ1) is 14.8. The Kier molecular flexibility index (Phi) is 3.73. The number of hydrogen-bond donors (Lipinski definition) is 1. The van der Waals surface area contributed by atoms with Crippen molar-refractivity contribution in [3.63, 3.8) is 0 Å². The quantitative estimate of drug-likeness (QED) is 0.786. The molecule has 1 aromatic heterocycles. The summed E-state index contributed by atoms with van der Waals surface area (Å²) in [6.07, 6.45) is 0. The average molecular weight is 319 g/mol. The van der Waals surface area contributed by atoms with Crippen LogP contribution in [-0.4, -0.2) is 42.0 Å². The molecule has 1 aliphatic heterocycles. The molecule has 0 unspecified atom stereocenters. The first-order valence-electron chi connectivity index (χ1n) is 8.39. The van der Waals surface area contributed by atoms with E-state index in [0.717, 1.165) is 48.3 Å². The van der Waals surface area contributed by atoms with Gasteiger partial charge in [0.2, 0.25) is 0 Å². The van der Waals surface area contributed by atoms with Crippen molar-refractivity contribution in [2.45, 2.75) is 6.92 Å². The Morgan fingerprint density at radius 2 is 1.71 bits per heavy atom. The van der Waals surface area contributed by atoms with Crippen molar-refractivity contribution in [2.75, 3.05) is 31.1 Å². The van der Waals surface area contributed by atoms with Gasteiger partial charge in [0, 0.05) is 54.0 Å². The fourth-order valence-corrected chi connectivity index (χ4v) is 3.40. The topological polar surface area (TPSA) is 39.3 Å². The van der Waals surface area contributed by atoms with Gasteiger partial charge in [0.25, 0.3) is 5.91 Å². The maximum absolute atomic E-state index is 12.8. The third kappa shape index (κ3) is 2.75. The Hall–Kier alpha value is -2.75. The summed E-state index contributed by atoms with van der Waals surface area (Å²) in [6, 6.07) is 18.4. The van der Waals surface area contributed by atoms with Crippen molar-refractivity contribution >= 4 is 22.5 Å². The zero-order valence-corrected chi connectivity index (χ0v) is 13.8. The minimum absolute atomic E-state index is 0.128. The van der Waals surface area contributed by atoms with Crippen LogP contribution >= 0.6 is 0 Å². The first-order chi connectivity index (χ1) is 11.7. The van der Waals surface area contributed by atoms with Crippen LogP contribution in [0.3, 0.4) is 0 Å². The number of rotatable bonds is 2. The fraction of sp³-hybridized carbons (Fsp3) is 0.250. The van der Waals surface area contributed by atoms with Gasteiger partial charge in [-0.3, -0.25) is 4.79 Å². The largest absolute Gasteiger partial charge is 0.368 e. The van der Waals surface area contributed by atoms with E-state index in [1.54, 1.807) is 0 Å². The molecule has 0 spiro atoms. The van der Waals surface area contributed by atoms with Crippen LogP contribution in [0.1, 0.15) is 16.1 Å². The Balaban J connectivity index is 1.47. The molecule has 4 rings (SSSR count). The summed E-state index contributed by atoms with van der Waals surface area (Å²) in [7, 11) is 0. The van der Waals surface area contributed by atoms with Crippen molar-refractivity contribution in [3.8, 4) is 0 Å². The van der Waals surface area contributed by atoms with E-state index in [1.807, 2.05) is 36.1 Å². The molecule has 4 nitrogen and oxygen atoms in total. The summed E-state index contributed by atoms with van der Waals surface area (Å²) in [5, 5.41) is 1.10. The second-order valence-corrected chi connectivity index (χ2v) is 6.37. The molecule has 0 bridgehead atoms. The number of nitrogens with zero attached hydrogens (tertiary/aromatic N) is 2. The summed E-state index contributed by atoms with van der Waals surface area (Å²) in [6.45, 7) is 5.31. The number of carbonyl (C=O) groups is 1. The lowest BCUT2D eigenvalue weighted by molar-refractivity contribution is 0.0747. The molecule has 24 heavy (non-hydrogen) atoms. The molecule has 0 radical (unpaired) electrons. The number of anilines is 1. The van der Waals surface area contributed by atoms with Gasteiger partial charge in [-0.2, -0.15) is 0 Å². The molecule has 1 aliphatic rings. The normalized spacial score (nSPS) is 15.0. The van der Waals surface area contributed by atoms with Crippen LogP contribution in [0.5, 0.6) is 0 Å². The highest BCUT2D eigenvalue weighted by Gasteiger charge is 2.22. The summed E-state index contributed by atoms with van der Waals surface area (Å²) < 4.78 is 0. The standard InChI is InChI=1S/C20H21N3O/c1-15-13-17-14-16(7-8-19(17)21-15)20(24)23-11-9-22(10-12-23)18-5-3-2-4-6-18/h2-8,13-14,21H,9-12H2,1H3. The average Bonchev–Trinajstić information content (AvgIpc) is 3.01. The number of fused-ring (bicyclic) bond motifs is 1. The Morgan fingerprint density at radius 3 is 2.46 bits per heavy atom. The SMILES string of the molecule is Cc1cc2cc(C(=O)N3CCN(c4ccccc4)CC3)ccc2[nH]1. The highest BCUT2D eigenvalue weighted by molar-refractivity contribution is 5.98. The number of hydrogen-bond acceptors (Lipinski definition) is 2. The van der Waals surface area contributed by atoms with Crippen LogP contribution in [0.15, 0.2) is 54.6 Å². The predicted molar refractivity (Wildman–Crippen MR) is 97.6 cm³/mol. The number of H-pyrrole nitrogens is 1. The summed E-state index contributed by atoms with van der Waals surface area (Å²) in [4.78, 5) is 20.4. The van der Waals surface area contributed by atoms with Crippen LogP contribution in [0.25, 0.3) is 10.9 Å². The zero-order chi connectivity index (χ0) is 16.5. The van der Waals surface area contributed by atoms with E-state index in [2.05, 4.69) is 40.2 Å². The van der Waals surface area contributed by atoms with Crippen molar-refractivity contribution in [3.05, 3.63) is 65.9 Å². The van der Waals surface area contributed by atoms with E-state index in [1.165, 1.54) is 5.69 Å². The van der Waals surface area contributed by atoms with Gasteiger partial charge in [-0.05, 0) is 43.3 Å². The summed E-state index contributed by atoms with van der Waals surface area (Å²) in [5.41, 5.74) is 4.20. The van der Waals surface area contributed by atoms with E-state index >= 15 is 0 Å². The summed E-state index contributed by atoms with van der Waals surface area (Å²) >= 11 is 0. The fourth-order valence-electron chi connectivity index (χ4n) is 3.40. The molecule has 1 N–H and O–H groups in total. The second-order valence-electron chi connectivity index (χ2n) is 6.37. The van der Waals surface area contributed by atoms with Crippen LogP contribution in [0, 0.1) is 6.92 Å². The zero-order valence-electron chi connectivity index (χ0n) is 13.8. The van der Waals surface area contributed by atoms with Gasteiger partial charge in [-0.1, -0.05) is 18.2 Å². The Labute approximate surface area is 141 Å². The number of para-hydroxylation sites is 1. The minimum atomic E-state index is 0.128. The lowest BCUT2D eigenvalue weighted by Gasteiger charge is -2.36. The number of benzene rings is 2. The number of piperazine rings is 1. The minimum Gasteiger partial charge on any atom is -0.368 e. The van der Waals surface area contributed by atoms with Gasteiger partial charge in [-0.25, -0.2) is 0 Å². The van der Waals surface area contributed by atoms with Crippen molar-refractivity contribution in [1.29, 1.82) is 0 Å². The Morgan fingerprint density at radius 1 is 0.958 bits per heavy atom. The van der Waals surface area contributed by atoms with E-state index in [4.69, 9.17) is 0 Å². The van der Waals surface area contributed by atoms with E-state index in [0.29, 0.717) is 0 Å². The van der Waals surface area contributed by atoms with Crippen molar-refractivity contribution in [1.82, 2.24) is 9.88 Å². The molecule has 0 aliphatic carbocycles. The number of aryl methyl sites for hydroxylation is 1. The maximum Gasteiger partial charge on any atom is 0.253 e. The lowest BCUT2D eigenvalue weighted by Crippen LogP contribution is -2.48. The molecule has 0 saturated carbocycles. The monoisotopic (exact) mass is 319 g/mol. The second kappa shape index (κ2) is 6.04. The smallest absolute Gasteiger partial charge is 0.253 e. The number of aromatic amines is 1. The van der Waals surface area contributed by atoms with Gasteiger partial charge in [-0.15, -0.1) is 0 Å². The van der Waals surface area contributed by atoms with E-state index in [9.17, 15) is 4.79 Å². The van der Waals surface area contributed by atoms with Gasteiger partial charge >= 0.3 is 0 Å². The van der Waals surface area contributed by atoms with Gasteiger partial charge in [0.15, 0.2) is 0 Å². The van der Waals surface area contributed by atoms with Crippen LogP contribution in [-0.2, 0) is 0 Å². The predicted octanol–water partition coefficient (Wildman–Crippen LogP) is 3.44. The van der Waals surface area contributed by atoms with E-state index < -0.39 is 0 Å². The highest BCUT2D eigenvalue weighted by atomic mass is 16.2. The number of carbonyl (C=O) groups excluding carboxylic acids is 1. The van der Waals surface area contributed by atoms with Gasteiger partial charge in [0.1, 0.15) is 0 Å². The van der Waals surface area contributed by atoms with Gasteiger partial charge in [0.05, 0.1) is 0 Å². The molecule has 3 aromatic rings. The number of amides is 1. The van der Waals surface area contributed by atoms with Crippen LogP contribution < -0.4 is 4.90 Å². The third-order valence-corrected chi connectivity index (χ3v) is 4.69. The van der Waals surface area contributed by atoms with Crippen LogP contribution in [0.2, 0.25) is 0 Å². The van der Waals surface area contributed by atoms with Crippen molar-refractivity contribution in [2.24, 2.45) is 0 Å². The van der Waals surface area contributed by atoms with Gasteiger partial charge < -0.3 is 14.8 Å². The summed E-state index contributed by atoms with van der Waals surface area (Å²) in [5.74, 6) is 0.128. The first-order valence-corrected chi connectivity index (χ1v) is 8.39. The molecule has 1 fully saturated rings. The van der Waals surface area contributed by atoms with E-state index in [-0.39, 0.29) is 5.91 Å². The number of nitrogens with one attached hydrogen (secondary N) is 1. The molecular formula is C20H21N3O. The Bertz CT molecular complexity index is 861.